The molecule has 0 atom stereocenters. The molecule has 0 radical (unpaired) electrons. The largest absolute Gasteiger partial charge is 0.496 e. The van der Waals surface area contributed by atoms with Gasteiger partial charge in [-0.1, -0.05) is 41.4 Å². The number of nitrogens with one attached hydrogen (secondary N) is 1. The molecule has 4 aromatic rings. The maximum Gasteiger partial charge on any atom is 0.255 e. The molecule has 0 aliphatic heterocycles. The van der Waals surface area contributed by atoms with Gasteiger partial charge in [-0.15, -0.1) is 10.2 Å². The van der Waals surface area contributed by atoms with E-state index < -0.39 is 0 Å². The first-order chi connectivity index (χ1) is 14.0. The molecule has 0 saturated heterocycles. The number of fused-ring (bicyclic) bond motifs is 1. The van der Waals surface area contributed by atoms with Crippen LogP contribution in [0.3, 0.4) is 0 Å². The number of amides is 1. The average Bonchev–Trinajstić information content (AvgIpc) is 3.14. The minimum Gasteiger partial charge on any atom is -0.496 e. The molecule has 2 heterocycles. The normalized spacial score (nSPS) is 10.9. The van der Waals surface area contributed by atoms with Gasteiger partial charge in [0.1, 0.15) is 5.75 Å². The van der Waals surface area contributed by atoms with E-state index in [2.05, 4.69) is 20.6 Å². The quantitative estimate of drug-likeness (QED) is 0.545. The molecule has 2 aromatic heterocycles. The monoisotopic (exact) mass is 407 g/mol. The molecule has 4 rings (SSSR count). The summed E-state index contributed by atoms with van der Waals surface area (Å²) in [6.45, 7) is 2.19. The Bertz CT molecular complexity index is 1190. The first-order valence-electron chi connectivity index (χ1n) is 8.95. The van der Waals surface area contributed by atoms with E-state index in [0.29, 0.717) is 27.8 Å². The molecule has 0 spiro atoms. The van der Waals surface area contributed by atoms with Gasteiger partial charge >= 0.3 is 0 Å². The molecular weight excluding hydrogens is 390 g/mol. The highest BCUT2D eigenvalue weighted by Crippen LogP contribution is 2.22. The summed E-state index contributed by atoms with van der Waals surface area (Å²) in [6, 6.07) is 16.7. The summed E-state index contributed by atoms with van der Waals surface area (Å²) in [5.74, 6) is 0.636. The smallest absolute Gasteiger partial charge is 0.255 e. The lowest BCUT2D eigenvalue weighted by Gasteiger charge is -2.09. The zero-order valence-corrected chi connectivity index (χ0v) is 16.6. The van der Waals surface area contributed by atoms with Crippen molar-refractivity contribution >= 4 is 23.2 Å². The second kappa shape index (κ2) is 7.89. The Morgan fingerprint density at radius 3 is 2.66 bits per heavy atom. The van der Waals surface area contributed by atoms with Crippen LogP contribution in [0, 0.1) is 6.92 Å². The molecule has 0 unspecified atom stereocenters. The summed E-state index contributed by atoms with van der Waals surface area (Å²) in [6.07, 6.45) is 0. The van der Waals surface area contributed by atoms with E-state index in [1.165, 1.54) is 12.7 Å². The minimum atomic E-state index is -0.323. The topological polar surface area (TPSA) is 81.4 Å². The van der Waals surface area contributed by atoms with Crippen molar-refractivity contribution in [3.63, 3.8) is 0 Å². The summed E-state index contributed by atoms with van der Waals surface area (Å²) in [7, 11) is 1.50. The molecule has 8 heteroatoms. The van der Waals surface area contributed by atoms with E-state index in [1.54, 1.807) is 22.7 Å². The van der Waals surface area contributed by atoms with E-state index in [1.807, 2.05) is 43.3 Å². The van der Waals surface area contributed by atoms with Crippen LogP contribution in [0.4, 0.5) is 0 Å². The molecule has 0 fully saturated rings. The highest BCUT2D eigenvalue weighted by Gasteiger charge is 2.15. The van der Waals surface area contributed by atoms with E-state index >= 15 is 0 Å². The van der Waals surface area contributed by atoms with Gasteiger partial charge in [-0.05, 0) is 37.3 Å². The van der Waals surface area contributed by atoms with Crippen LogP contribution in [0.5, 0.6) is 5.75 Å². The van der Waals surface area contributed by atoms with Crippen molar-refractivity contribution in [1.29, 1.82) is 0 Å². The van der Waals surface area contributed by atoms with Crippen LogP contribution >= 0.6 is 11.6 Å². The third kappa shape index (κ3) is 3.90. The predicted molar refractivity (Wildman–Crippen MR) is 110 cm³/mol. The van der Waals surface area contributed by atoms with Crippen molar-refractivity contribution in [2.45, 2.75) is 13.5 Å². The summed E-state index contributed by atoms with van der Waals surface area (Å²) >= 11 is 6.01. The Balaban J connectivity index is 1.58. The van der Waals surface area contributed by atoms with Crippen molar-refractivity contribution in [3.05, 3.63) is 76.6 Å². The van der Waals surface area contributed by atoms with Crippen molar-refractivity contribution in [3.8, 4) is 17.0 Å². The number of hydrogen-bond acceptors (Lipinski definition) is 5. The second-order valence-corrected chi connectivity index (χ2v) is 6.93. The van der Waals surface area contributed by atoms with E-state index in [-0.39, 0.29) is 12.5 Å². The Morgan fingerprint density at radius 2 is 1.90 bits per heavy atom. The van der Waals surface area contributed by atoms with Crippen LogP contribution in [-0.4, -0.2) is 32.8 Å². The fourth-order valence-electron chi connectivity index (χ4n) is 2.93. The van der Waals surface area contributed by atoms with Gasteiger partial charge in [-0.3, -0.25) is 4.79 Å². The number of nitrogens with zero attached hydrogens (tertiary/aromatic N) is 4. The van der Waals surface area contributed by atoms with Crippen LogP contribution in [-0.2, 0) is 6.54 Å². The first kappa shape index (κ1) is 18.9. The van der Waals surface area contributed by atoms with Crippen molar-refractivity contribution < 1.29 is 9.53 Å². The lowest BCUT2D eigenvalue weighted by Crippen LogP contribution is -2.24. The summed E-state index contributed by atoms with van der Waals surface area (Å²) < 4.78 is 6.87. The second-order valence-electron chi connectivity index (χ2n) is 6.50. The van der Waals surface area contributed by atoms with Crippen LogP contribution in [0.2, 0.25) is 5.02 Å². The molecule has 0 aliphatic carbocycles. The maximum absolute atomic E-state index is 12.6. The third-order valence-corrected chi connectivity index (χ3v) is 4.72. The number of hydrogen-bond donors (Lipinski definition) is 1. The number of carbonyl (C=O) groups is 1. The Labute approximate surface area is 172 Å². The Kier molecular flexibility index (Phi) is 5.14. The van der Waals surface area contributed by atoms with Crippen molar-refractivity contribution in [2.24, 2.45) is 0 Å². The molecule has 7 nitrogen and oxygen atoms in total. The number of aryl methyl sites for hydroxylation is 1. The van der Waals surface area contributed by atoms with Crippen LogP contribution < -0.4 is 10.1 Å². The Hall–Kier alpha value is -3.45. The zero-order valence-electron chi connectivity index (χ0n) is 15.9. The summed E-state index contributed by atoms with van der Waals surface area (Å²) in [4.78, 5) is 12.6. The standard InChI is InChI=1S/C21H18ClN5O2/c1-13-3-5-14(6-4-13)17-8-10-19-24-25-20(27(19)26-17)12-23-21(28)16-11-15(22)7-9-18(16)29-2/h3-11H,12H2,1-2H3,(H,23,28). The van der Waals surface area contributed by atoms with Crippen LogP contribution in [0.1, 0.15) is 21.7 Å². The van der Waals surface area contributed by atoms with Gasteiger partial charge in [0.2, 0.25) is 0 Å². The van der Waals surface area contributed by atoms with E-state index in [4.69, 9.17) is 16.3 Å². The number of aromatic nitrogens is 4. The summed E-state index contributed by atoms with van der Waals surface area (Å²) in [5.41, 5.74) is 3.91. The van der Waals surface area contributed by atoms with Gasteiger partial charge in [0, 0.05) is 10.6 Å². The van der Waals surface area contributed by atoms with Crippen LogP contribution in [0.15, 0.2) is 54.6 Å². The van der Waals surface area contributed by atoms with Gasteiger partial charge in [0.15, 0.2) is 11.5 Å². The lowest BCUT2D eigenvalue weighted by atomic mass is 10.1. The number of rotatable bonds is 5. The fourth-order valence-corrected chi connectivity index (χ4v) is 3.11. The highest BCUT2D eigenvalue weighted by atomic mass is 35.5. The summed E-state index contributed by atoms with van der Waals surface area (Å²) in [5, 5.41) is 16.2. The number of carbonyl (C=O) groups excluding carboxylic acids is 1. The SMILES string of the molecule is COc1ccc(Cl)cc1C(=O)NCc1nnc2ccc(-c3ccc(C)cc3)nn12. The average molecular weight is 408 g/mol. The predicted octanol–water partition coefficient (Wildman–Crippen LogP) is 3.69. The Morgan fingerprint density at radius 1 is 1.10 bits per heavy atom. The van der Waals surface area contributed by atoms with Gasteiger partial charge in [-0.25, -0.2) is 0 Å². The van der Waals surface area contributed by atoms with Crippen molar-refractivity contribution in [2.75, 3.05) is 7.11 Å². The number of ether oxygens (including phenoxy) is 1. The zero-order chi connectivity index (χ0) is 20.4. The third-order valence-electron chi connectivity index (χ3n) is 4.49. The first-order valence-corrected chi connectivity index (χ1v) is 9.33. The van der Waals surface area contributed by atoms with Gasteiger partial charge in [-0.2, -0.15) is 9.61 Å². The molecule has 1 amide bonds. The van der Waals surface area contributed by atoms with Gasteiger partial charge < -0.3 is 10.1 Å². The maximum atomic E-state index is 12.6. The molecule has 146 valence electrons. The minimum absolute atomic E-state index is 0.153. The molecule has 0 bridgehead atoms. The van der Waals surface area contributed by atoms with Crippen LogP contribution in [0.25, 0.3) is 16.9 Å². The van der Waals surface area contributed by atoms with E-state index in [0.717, 1.165) is 11.3 Å². The van der Waals surface area contributed by atoms with Gasteiger partial charge in [0.05, 0.1) is 24.9 Å². The molecule has 1 N–H and O–H groups in total. The van der Waals surface area contributed by atoms with Crippen molar-refractivity contribution in [1.82, 2.24) is 25.1 Å². The molecule has 0 saturated carbocycles. The molecule has 2 aromatic carbocycles. The lowest BCUT2D eigenvalue weighted by molar-refractivity contribution is 0.0946. The number of methoxy groups -OCH3 is 1. The fraction of sp³-hybridized carbons (Fsp3) is 0.143. The number of halogens is 1. The molecular formula is C21H18ClN5O2. The number of benzene rings is 2. The highest BCUT2D eigenvalue weighted by molar-refractivity contribution is 6.31. The molecule has 29 heavy (non-hydrogen) atoms. The molecule has 0 aliphatic rings. The van der Waals surface area contributed by atoms with E-state index in [9.17, 15) is 4.79 Å². The van der Waals surface area contributed by atoms with Gasteiger partial charge in [0.25, 0.3) is 5.91 Å².